The van der Waals surface area contributed by atoms with Crippen LogP contribution in [0, 0.1) is 0 Å². The molecule has 0 spiro atoms. The van der Waals surface area contributed by atoms with Crippen molar-refractivity contribution in [2.75, 3.05) is 7.11 Å². The Hall–Kier alpha value is -2.37. The van der Waals surface area contributed by atoms with Crippen LogP contribution in [0.1, 0.15) is 38.2 Å². The molecular formula is C17H23NO5. The van der Waals surface area contributed by atoms with Gasteiger partial charge in [-0.15, -0.1) is 0 Å². The maximum atomic E-state index is 11.8. The Morgan fingerprint density at radius 2 is 1.83 bits per heavy atom. The third-order valence-electron chi connectivity index (χ3n) is 3.18. The minimum absolute atomic E-state index is 0.00948. The molecule has 0 radical (unpaired) electrons. The lowest BCUT2D eigenvalue weighted by Crippen LogP contribution is -2.38. The number of carbonyl (C=O) groups is 3. The maximum Gasteiger partial charge on any atom is 0.407 e. The quantitative estimate of drug-likeness (QED) is 0.707. The predicted octanol–water partition coefficient (Wildman–Crippen LogP) is 2.60. The van der Waals surface area contributed by atoms with Crippen LogP contribution in [0.5, 0.6) is 0 Å². The number of ether oxygens (including phenoxy) is 2. The number of Topliss-reactive ketones (excluding diaryl/α,β-unsaturated/α-hetero) is 1. The van der Waals surface area contributed by atoms with Gasteiger partial charge in [0.2, 0.25) is 0 Å². The van der Waals surface area contributed by atoms with E-state index in [0.717, 1.165) is 12.0 Å². The van der Waals surface area contributed by atoms with Gasteiger partial charge in [-0.3, -0.25) is 9.59 Å². The number of nitrogens with one attached hydrogen (secondary N) is 1. The van der Waals surface area contributed by atoms with E-state index >= 15 is 0 Å². The molecule has 0 bridgehead atoms. The Balaban J connectivity index is 2.51. The van der Waals surface area contributed by atoms with Gasteiger partial charge in [0.05, 0.1) is 13.5 Å². The van der Waals surface area contributed by atoms with Crippen LogP contribution in [0.15, 0.2) is 30.3 Å². The monoisotopic (exact) mass is 321 g/mol. The molecule has 1 atom stereocenters. The van der Waals surface area contributed by atoms with Gasteiger partial charge in [0.25, 0.3) is 0 Å². The summed E-state index contributed by atoms with van der Waals surface area (Å²) in [6.07, 6.45) is 0.503. The molecule has 0 aliphatic carbocycles. The van der Waals surface area contributed by atoms with Crippen molar-refractivity contribution in [3.8, 4) is 0 Å². The Morgan fingerprint density at radius 3 is 2.43 bits per heavy atom. The van der Waals surface area contributed by atoms with Crippen LogP contribution in [0.4, 0.5) is 4.79 Å². The summed E-state index contributed by atoms with van der Waals surface area (Å²) in [6, 6.07) is 8.62. The average Bonchev–Trinajstić information content (AvgIpc) is 2.54. The van der Waals surface area contributed by atoms with Crippen molar-refractivity contribution in [1.29, 1.82) is 0 Å². The number of rotatable bonds is 9. The van der Waals surface area contributed by atoms with E-state index in [1.807, 2.05) is 37.3 Å². The zero-order valence-corrected chi connectivity index (χ0v) is 13.5. The van der Waals surface area contributed by atoms with Crippen LogP contribution < -0.4 is 5.32 Å². The van der Waals surface area contributed by atoms with Crippen molar-refractivity contribution >= 4 is 17.8 Å². The molecule has 0 saturated heterocycles. The van der Waals surface area contributed by atoms with Crippen LogP contribution in [0.25, 0.3) is 0 Å². The molecule has 1 N–H and O–H groups in total. The molecule has 0 aliphatic rings. The topological polar surface area (TPSA) is 81.7 Å². The van der Waals surface area contributed by atoms with Crippen molar-refractivity contribution in [2.24, 2.45) is 0 Å². The largest absolute Gasteiger partial charge is 0.469 e. The van der Waals surface area contributed by atoms with Gasteiger partial charge in [0, 0.05) is 18.9 Å². The average molecular weight is 321 g/mol. The molecular weight excluding hydrogens is 298 g/mol. The highest BCUT2D eigenvalue weighted by Crippen LogP contribution is 2.06. The standard InChI is InChI=1S/C17H23NO5/c1-3-7-15(19)10-14(11-16(20)22-2)18-17(21)23-12-13-8-5-4-6-9-13/h4-6,8-9,14H,3,7,10-12H2,1-2H3,(H,18,21). The van der Waals surface area contributed by atoms with E-state index < -0.39 is 18.1 Å². The van der Waals surface area contributed by atoms with Crippen LogP contribution in [0.2, 0.25) is 0 Å². The molecule has 1 aromatic carbocycles. The molecule has 1 aromatic rings. The summed E-state index contributed by atoms with van der Waals surface area (Å²) in [7, 11) is 1.26. The zero-order chi connectivity index (χ0) is 17.1. The van der Waals surface area contributed by atoms with Gasteiger partial charge in [-0.1, -0.05) is 37.3 Å². The molecule has 6 nitrogen and oxygen atoms in total. The first-order valence-electron chi connectivity index (χ1n) is 7.60. The molecule has 1 amide bonds. The molecule has 6 heteroatoms. The van der Waals surface area contributed by atoms with Crippen molar-refractivity contribution in [1.82, 2.24) is 5.32 Å². The number of methoxy groups -OCH3 is 1. The second-order valence-corrected chi connectivity index (χ2v) is 5.18. The Kier molecular flexibility index (Phi) is 8.42. The lowest BCUT2D eigenvalue weighted by Gasteiger charge is -2.17. The first-order chi connectivity index (χ1) is 11.0. The summed E-state index contributed by atoms with van der Waals surface area (Å²) in [4.78, 5) is 35.0. The molecule has 23 heavy (non-hydrogen) atoms. The highest BCUT2D eigenvalue weighted by Gasteiger charge is 2.20. The fourth-order valence-electron chi connectivity index (χ4n) is 2.05. The number of ketones is 1. The predicted molar refractivity (Wildman–Crippen MR) is 84.7 cm³/mol. The summed E-state index contributed by atoms with van der Waals surface area (Å²) in [6.45, 7) is 2.02. The van der Waals surface area contributed by atoms with E-state index in [4.69, 9.17) is 4.74 Å². The highest BCUT2D eigenvalue weighted by molar-refractivity contribution is 5.81. The van der Waals surface area contributed by atoms with Crippen molar-refractivity contribution in [3.63, 3.8) is 0 Å². The molecule has 0 heterocycles. The smallest absolute Gasteiger partial charge is 0.407 e. The van der Waals surface area contributed by atoms with Gasteiger partial charge >= 0.3 is 12.1 Å². The van der Waals surface area contributed by atoms with E-state index in [2.05, 4.69) is 10.1 Å². The van der Waals surface area contributed by atoms with Gasteiger partial charge in [0.15, 0.2) is 0 Å². The summed E-state index contributed by atoms with van der Waals surface area (Å²) >= 11 is 0. The summed E-state index contributed by atoms with van der Waals surface area (Å²) in [5.41, 5.74) is 0.856. The van der Waals surface area contributed by atoms with E-state index in [0.29, 0.717) is 6.42 Å². The third-order valence-corrected chi connectivity index (χ3v) is 3.18. The second kappa shape index (κ2) is 10.4. The van der Waals surface area contributed by atoms with Crippen LogP contribution in [0.3, 0.4) is 0 Å². The molecule has 0 aromatic heterocycles. The van der Waals surface area contributed by atoms with Gasteiger partial charge in [-0.05, 0) is 12.0 Å². The zero-order valence-electron chi connectivity index (χ0n) is 13.5. The van der Waals surface area contributed by atoms with Crippen LogP contribution >= 0.6 is 0 Å². The van der Waals surface area contributed by atoms with Gasteiger partial charge in [0.1, 0.15) is 12.4 Å². The Labute approximate surface area is 136 Å². The Bertz CT molecular complexity index is 515. The van der Waals surface area contributed by atoms with Crippen LogP contribution in [-0.4, -0.2) is 31.0 Å². The molecule has 0 saturated carbocycles. The molecule has 1 rings (SSSR count). The maximum absolute atomic E-state index is 11.8. The van der Waals surface area contributed by atoms with E-state index in [9.17, 15) is 14.4 Å². The van der Waals surface area contributed by atoms with Gasteiger partial charge in [-0.25, -0.2) is 4.79 Å². The third kappa shape index (κ3) is 7.99. The normalized spacial score (nSPS) is 11.4. The number of benzene rings is 1. The van der Waals surface area contributed by atoms with Crippen molar-refractivity contribution in [2.45, 2.75) is 45.3 Å². The minimum atomic E-state index is -0.660. The van der Waals surface area contributed by atoms with E-state index in [1.165, 1.54) is 7.11 Å². The fourth-order valence-corrected chi connectivity index (χ4v) is 2.05. The Morgan fingerprint density at radius 1 is 1.13 bits per heavy atom. The van der Waals surface area contributed by atoms with Crippen LogP contribution in [-0.2, 0) is 25.7 Å². The summed E-state index contributed by atoms with van der Waals surface area (Å²) in [5, 5.41) is 2.56. The SMILES string of the molecule is CCCC(=O)CC(CC(=O)OC)NC(=O)OCc1ccccc1. The molecule has 0 aliphatic heterocycles. The lowest BCUT2D eigenvalue weighted by atomic mass is 10.0. The van der Waals surface area contributed by atoms with E-state index in [-0.39, 0.29) is 25.2 Å². The van der Waals surface area contributed by atoms with E-state index in [1.54, 1.807) is 0 Å². The number of hydrogen-bond donors (Lipinski definition) is 1. The number of hydrogen-bond acceptors (Lipinski definition) is 5. The summed E-state index contributed by atoms with van der Waals surface area (Å²) in [5.74, 6) is -0.493. The number of carbonyl (C=O) groups excluding carboxylic acids is 3. The fraction of sp³-hybridized carbons (Fsp3) is 0.471. The number of esters is 1. The summed E-state index contributed by atoms with van der Waals surface area (Å²) < 4.78 is 9.69. The van der Waals surface area contributed by atoms with Gasteiger partial charge in [-0.2, -0.15) is 0 Å². The first-order valence-corrected chi connectivity index (χ1v) is 7.60. The second-order valence-electron chi connectivity index (χ2n) is 5.18. The molecule has 1 unspecified atom stereocenters. The first kappa shape index (κ1) is 18.7. The number of amides is 1. The molecule has 126 valence electrons. The van der Waals surface area contributed by atoms with Gasteiger partial charge < -0.3 is 14.8 Å². The number of alkyl carbamates (subject to hydrolysis) is 1. The molecule has 0 fully saturated rings. The minimum Gasteiger partial charge on any atom is -0.469 e. The lowest BCUT2D eigenvalue weighted by molar-refractivity contribution is -0.141. The highest BCUT2D eigenvalue weighted by atomic mass is 16.5. The van der Waals surface area contributed by atoms with Crippen molar-refractivity contribution in [3.05, 3.63) is 35.9 Å². The van der Waals surface area contributed by atoms with Crippen molar-refractivity contribution < 1.29 is 23.9 Å².